The molecule has 0 aromatic carbocycles. The number of pyridine rings is 1. The van der Waals surface area contributed by atoms with E-state index in [1.165, 1.54) is 13.0 Å². The molecule has 5 nitrogen and oxygen atoms in total. The molecule has 0 aliphatic carbocycles. The maximum Gasteiger partial charge on any atom is 0.433 e. The first-order valence-electron chi connectivity index (χ1n) is 5.29. The summed E-state index contributed by atoms with van der Waals surface area (Å²) in [6, 6.07) is 1.99. The van der Waals surface area contributed by atoms with Crippen LogP contribution in [-0.2, 0) is 6.18 Å². The minimum absolute atomic E-state index is 0.00472. The van der Waals surface area contributed by atoms with Crippen LogP contribution in [0.4, 0.5) is 23.9 Å². The van der Waals surface area contributed by atoms with Gasteiger partial charge in [0.2, 0.25) is 0 Å². The molecule has 0 bridgehead atoms. The zero-order chi connectivity index (χ0) is 14.9. The Morgan fingerprint density at radius 3 is 2.60 bits per heavy atom. The van der Waals surface area contributed by atoms with Gasteiger partial charge in [-0.1, -0.05) is 0 Å². The van der Waals surface area contributed by atoms with E-state index in [2.05, 4.69) is 14.7 Å². The number of carboxylic acid groups (broad SMARTS) is 1. The Bertz CT molecular complexity index is 637. The second-order valence-electron chi connectivity index (χ2n) is 3.83. The van der Waals surface area contributed by atoms with Crippen molar-refractivity contribution in [1.29, 1.82) is 0 Å². The number of hydrogen-bond acceptors (Lipinski definition) is 5. The Morgan fingerprint density at radius 2 is 2.10 bits per heavy atom. The lowest BCUT2D eigenvalue weighted by Gasteiger charge is -2.07. The number of aryl methyl sites for hydroxylation is 1. The van der Waals surface area contributed by atoms with Crippen LogP contribution < -0.4 is 5.32 Å². The van der Waals surface area contributed by atoms with Crippen molar-refractivity contribution in [3.63, 3.8) is 0 Å². The van der Waals surface area contributed by atoms with Gasteiger partial charge in [0.1, 0.15) is 16.3 Å². The quantitative estimate of drug-likeness (QED) is 0.910. The molecule has 2 aromatic heterocycles. The Morgan fingerprint density at radius 1 is 1.40 bits per heavy atom. The van der Waals surface area contributed by atoms with Gasteiger partial charge < -0.3 is 10.4 Å². The van der Waals surface area contributed by atoms with Crippen LogP contribution in [0.25, 0.3) is 0 Å². The number of nitrogens with zero attached hydrogens (tertiary/aromatic N) is 2. The fourth-order valence-electron chi connectivity index (χ4n) is 1.47. The fourth-order valence-corrected chi connectivity index (χ4v) is 2.28. The molecule has 0 aliphatic heterocycles. The fraction of sp³-hybridized carbons (Fsp3) is 0.182. The van der Waals surface area contributed by atoms with Crippen molar-refractivity contribution >= 4 is 28.2 Å². The Hall–Kier alpha value is -2.16. The maximum absolute atomic E-state index is 12.4. The van der Waals surface area contributed by atoms with E-state index in [0.717, 1.165) is 23.8 Å². The van der Waals surface area contributed by atoms with E-state index in [1.54, 1.807) is 0 Å². The number of halogens is 3. The zero-order valence-electron chi connectivity index (χ0n) is 10.0. The predicted octanol–water partition coefficient (Wildman–Crippen LogP) is 3.31. The lowest BCUT2D eigenvalue weighted by molar-refractivity contribution is -0.141. The molecule has 2 N–H and O–H groups in total. The first-order chi connectivity index (χ1) is 9.29. The first-order valence-corrected chi connectivity index (χ1v) is 6.06. The van der Waals surface area contributed by atoms with Crippen LogP contribution in [0.2, 0.25) is 0 Å². The number of nitrogens with one attached hydrogen (secondary N) is 1. The summed E-state index contributed by atoms with van der Waals surface area (Å²) in [4.78, 5) is 14.3. The molecular formula is C11H8F3N3O2S. The van der Waals surface area contributed by atoms with Crippen molar-refractivity contribution in [1.82, 2.24) is 9.36 Å². The standard InChI is InChI=1S/C11H8F3N3O2S/c1-5-8(10(18)19)9(20-17-5)16-6-2-3-7(15-4-6)11(12,13)14/h2-4,16H,1H3,(H,18,19). The van der Waals surface area contributed by atoms with Crippen LogP contribution >= 0.6 is 11.5 Å². The summed E-state index contributed by atoms with van der Waals surface area (Å²) in [5.74, 6) is -1.15. The highest BCUT2D eigenvalue weighted by Gasteiger charge is 2.32. The molecule has 9 heteroatoms. The van der Waals surface area contributed by atoms with Crippen LogP contribution in [0.3, 0.4) is 0 Å². The third kappa shape index (κ3) is 2.87. The highest BCUT2D eigenvalue weighted by atomic mass is 32.1. The monoisotopic (exact) mass is 303 g/mol. The molecule has 106 valence electrons. The molecule has 0 spiro atoms. The average molecular weight is 303 g/mol. The van der Waals surface area contributed by atoms with E-state index in [4.69, 9.17) is 5.11 Å². The van der Waals surface area contributed by atoms with Crippen molar-refractivity contribution in [2.45, 2.75) is 13.1 Å². The second-order valence-corrected chi connectivity index (χ2v) is 4.61. The molecule has 20 heavy (non-hydrogen) atoms. The normalized spacial score (nSPS) is 11.4. The van der Waals surface area contributed by atoms with E-state index in [1.807, 2.05) is 0 Å². The second kappa shape index (κ2) is 5.08. The lowest BCUT2D eigenvalue weighted by Crippen LogP contribution is -2.07. The maximum atomic E-state index is 12.4. The summed E-state index contributed by atoms with van der Waals surface area (Å²) < 4.78 is 40.9. The average Bonchev–Trinajstić information content (AvgIpc) is 2.70. The molecular weight excluding hydrogens is 295 g/mol. The molecule has 2 aromatic rings. The zero-order valence-corrected chi connectivity index (χ0v) is 10.8. The molecule has 0 saturated heterocycles. The number of rotatable bonds is 3. The summed E-state index contributed by atoms with van der Waals surface area (Å²) >= 11 is 0.917. The Balaban J connectivity index is 2.25. The number of hydrogen-bond donors (Lipinski definition) is 2. The number of aromatic nitrogens is 2. The molecule has 2 rings (SSSR count). The van der Waals surface area contributed by atoms with Gasteiger partial charge in [0.05, 0.1) is 17.6 Å². The number of alkyl halides is 3. The van der Waals surface area contributed by atoms with Crippen molar-refractivity contribution < 1.29 is 23.1 Å². The van der Waals surface area contributed by atoms with Gasteiger partial charge in [-0.2, -0.15) is 17.5 Å². The highest BCUT2D eigenvalue weighted by molar-refractivity contribution is 7.10. The van der Waals surface area contributed by atoms with E-state index < -0.39 is 17.8 Å². The van der Waals surface area contributed by atoms with E-state index >= 15 is 0 Å². The number of carboxylic acids is 1. The largest absolute Gasteiger partial charge is 0.478 e. The molecule has 0 aliphatic rings. The predicted molar refractivity (Wildman–Crippen MR) is 66.3 cm³/mol. The van der Waals surface area contributed by atoms with Crippen LogP contribution in [0.5, 0.6) is 0 Å². The molecule has 0 fully saturated rings. The minimum atomic E-state index is -4.51. The first kappa shape index (κ1) is 14.3. The molecule has 0 atom stereocenters. The van der Waals surface area contributed by atoms with Gasteiger partial charge in [-0.05, 0) is 30.6 Å². The third-order valence-electron chi connectivity index (χ3n) is 2.39. The Kier molecular flexibility index (Phi) is 3.62. The lowest BCUT2D eigenvalue weighted by atomic mass is 10.2. The van der Waals surface area contributed by atoms with Gasteiger partial charge >= 0.3 is 12.1 Å². The highest BCUT2D eigenvalue weighted by Crippen LogP contribution is 2.30. The van der Waals surface area contributed by atoms with Crippen LogP contribution in [0, 0.1) is 6.92 Å². The van der Waals surface area contributed by atoms with Gasteiger partial charge in [-0.3, -0.25) is 0 Å². The van der Waals surface area contributed by atoms with E-state index in [0.29, 0.717) is 5.69 Å². The van der Waals surface area contributed by atoms with Crippen molar-refractivity contribution in [3.05, 3.63) is 35.3 Å². The minimum Gasteiger partial charge on any atom is -0.478 e. The van der Waals surface area contributed by atoms with Gasteiger partial charge in [0.25, 0.3) is 0 Å². The van der Waals surface area contributed by atoms with Crippen molar-refractivity contribution in [2.75, 3.05) is 5.32 Å². The summed E-state index contributed by atoms with van der Waals surface area (Å²) in [6.45, 7) is 1.54. The smallest absolute Gasteiger partial charge is 0.433 e. The summed E-state index contributed by atoms with van der Waals surface area (Å²) in [6.07, 6.45) is -3.52. The molecule has 2 heterocycles. The van der Waals surface area contributed by atoms with Gasteiger partial charge in [-0.15, -0.1) is 0 Å². The van der Waals surface area contributed by atoms with Crippen molar-refractivity contribution in [2.24, 2.45) is 0 Å². The van der Waals surface area contributed by atoms with Crippen LogP contribution in [0.15, 0.2) is 18.3 Å². The molecule has 0 amide bonds. The number of carbonyl (C=O) groups is 1. The number of aromatic carboxylic acids is 1. The summed E-state index contributed by atoms with van der Waals surface area (Å²) in [7, 11) is 0. The third-order valence-corrected chi connectivity index (χ3v) is 3.24. The SMILES string of the molecule is Cc1nsc(Nc2ccc(C(F)(F)F)nc2)c1C(=O)O. The van der Waals surface area contributed by atoms with Gasteiger partial charge in [-0.25, -0.2) is 9.78 Å². The van der Waals surface area contributed by atoms with Gasteiger partial charge in [0.15, 0.2) is 0 Å². The van der Waals surface area contributed by atoms with E-state index in [9.17, 15) is 18.0 Å². The van der Waals surface area contributed by atoms with Crippen LogP contribution in [-0.4, -0.2) is 20.4 Å². The Labute approximate surface area is 115 Å². The van der Waals surface area contributed by atoms with Gasteiger partial charge in [0, 0.05) is 0 Å². The topological polar surface area (TPSA) is 75.1 Å². The molecule has 0 unspecified atom stereocenters. The summed E-state index contributed by atoms with van der Waals surface area (Å²) in [5.41, 5.74) is -0.425. The molecule has 0 saturated carbocycles. The number of anilines is 2. The molecule has 0 radical (unpaired) electrons. The van der Waals surface area contributed by atoms with Crippen molar-refractivity contribution in [3.8, 4) is 0 Å². The summed E-state index contributed by atoms with van der Waals surface area (Å²) in [5, 5.41) is 12.0. The van der Waals surface area contributed by atoms with E-state index in [-0.39, 0.29) is 16.3 Å². The van der Waals surface area contributed by atoms with Crippen LogP contribution in [0.1, 0.15) is 21.7 Å².